The summed E-state index contributed by atoms with van der Waals surface area (Å²) in [5.74, 6) is -1.77. The molecule has 112 valence electrons. The minimum atomic E-state index is -1.01. The van der Waals surface area contributed by atoms with Crippen molar-refractivity contribution in [1.29, 1.82) is 0 Å². The minimum Gasteiger partial charge on any atom is -0.306 e. The summed E-state index contributed by atoms with van der Waals surface area (Å²) in [7, 11) is 0. The molecule has 0 radical (unpaired) electrons. The lowest BCUT2D eigenvalue weighted by Gasteiger charge is -2.20. The average Bonchev–Trinajstić information content (AvgIpc) is 2.38. The van der Waals surface area contributed by atoms with Crippen LogP contribution in [0.5, 0.6) is 0 Å². The van der Waals surface area contributed by atoms with Crippen LogP contribution in [0.15, 0.2) is 21.4 Å². The number of nitrogens with one attached hydrogen (secondary N) is 1. The highest BCUT2D eigenvalue weighted by atomic mass is 127. The molecule has 2 rings (SSSR count). The van der Waals surface area contributed by atoms with Gasteiger partial charge in [-0.1, -0.05) is 20.8 Å². The summed E-state index contributed by atoms with van der Waals surface area (Å²) in [6.07, 6.45) is 0. The maximum Gasteiger partial charge on any atom is 0.264 e. The zero-order chi connectivity index (χ0) is 15.9. The van der Waals surface area contributed by atoms with Crippen molar-refractivity contribution < 1.29 is 8.78 Å². The van der Waals surface area contributed by atoms with Gasteiger partial charge in [-0.15, -0.1) is 0 Å². The zero-order valence-electron chi connectivity index (χ0n) is 11.5. The third-order valence-corrected chi connectivity index (χ3v) is 4.64. The highest BCUT2D eigenvalue weighted by Gasteiger charge is 2.23. The molecule has 2 aromatic rings. The lowest BCUT2D eigenvalue weighted by atomic mass is 9.92. The van der Waals surface area contributed by atoms with Crippen LogP contribution in [-0.4, -0.2) is 9.97 Å². The molecule has 1 aromatic heterocycles. The van der Waals surface area contributed by atoms with Gasteiger partial charge in [0.05, 0.1) is 10.2 Å². The van der Waals surface area contributed by atoms with E-state index >= 15 is 0 Å². The first-order chi connectivity index (χ1) is 9.62. The van der Waals surface area contributed by atoms with Crippen molar-refractivity contribution in [2.24, 2.45) is 0 Å². The van der Waals surface area contributed by atoms with E-state index in [0.717, 1.165) is 6.07 Å². The molecule has 0 fully saturated rings. The van der Waals surface area contributed by atoms with Gasteiger partial charge >= 0.3 is 0 Å². The van der Waals surface area contributed by atoms with Crippen molar-refractivity contribution in [3.05, 3.63) is 47.9 Å². The molecule has 7 heteroatoms. The van der Waals surface area contributed by atoms with E-state index in [-0.39, 0.29) is 21.3 Å². The van der Waals surface area contributed by atoms with Crippen LogP contribution in [0, 0.1) is 15.2 Å². The second-order valence-electron chi connectivity index (χ2n) is 5.55. The van der Waals surface area contributed by atoms with Crippen molar-refractivity contribution in [2.45, 2.75) is 26.2 Å². The molecular weight excluding hydrogens is 457 g/mol. The molecule has 0 aliphatic carbocycles. The second kappa shape index (κ2) is 5.75. The molecular formula is C14H12BrF2IN2O. The Labute approximate surface area is 142 Å². The number of H-pyrrole nitrogens is 1. The Hall–Kier alpha value is -0.830. The average molecular weight is 469 g/mol. The number of nitrogens with zero attached hydrogens (tertiary/aromatic N) is 1. The maximum absolute atomic E-state index is 13.6. The number of aromatic nitrogens is 2. The van der Waals surface area contributed by atoms with Crippen molar-refractivity contribution in [1.82, 2.24) is 9.97 Å². The van der Waals surface area contributed by atoms with E-state index in [1.807, 2.05) is 43.4 Å². The van der Waals surface area contributed by atoms with E-state index in [1.165, 1.54) is 6.07 Å². The molecule has 3 nitrogen and oxygen atoms in total. The number of benzene rings is 1. The molecule has 0 bridgehead atoms. The third-order valence-electron chi connectivity index (χ3n) is 2.86. The first-order valence-electron chi connectivity index (χ1n) is 6.07. The summed E-state index contributed by atoms with van der Waals surface area (Å²) in [6, 6.07) is 2.38. The van der Waals surface area contributed by atoms with Gasteiger partial charge in [-0.3, -0.25) is 4.79 Å². The topological polar surface area (TPSA) is 45.8 Å². The second-order valence-corrected chi connectivity index (χ2v) is 7.42. The molecule has 0 amide bonds. The molecule has 0 saturated carbocycles. The van der Waals surface area contributed by atoms with E-state index in [1.54, 1.807) is 0 Å². The molecule has 0 aliphatic heterocycles. The Kier molecular flexibility index (Phi) is 4.53. The number of hydrogen-bond donors (Lipinski definition) is 1. The van der Waals surface area contributed by atoms with Gasteiger partial charge < -0.3 is 4.98 Å². The standard InChI is InChI=1S/C14H12BrF2IN2O/c1-14(2,3)11-10(18)13(21)20-12(19-11)6-4-5-7(16)9(17)8(6)15/h4-5H,1-3H3,(H,19,20,21). The molecule has 1 N–H and O–H groups in total. The molecule has 0 spiro atoms. The fourth-order valence-corrected chi connectivity index (χ4v) is 3.37. The molecule has 1 heterocycles. The highest BCUT2D eigenvalue weighted by molar-refractivity contribution is 14.1. The normalized spacial score (nSPS) is 11.8. The fraction of sp³-hybridized carbons (Fsp3) is 0.286. The first kappa shape index (κ1) is 16.5. The number of rotatable bonds is 1. The molecule has 0 aliphatic rings. The Bertz CT molecular complexity index is 769. The van der Waals surface area contributed by atoms with Gasteiger partial charge in [0.1, 0.15) is 9.39 Å². The van der Waals surface area contributed by atoms with Crippen LogP contribution in [-0.2, 0) is 5.41 Å². The van der Waals surface area contributed by atoms with Gasteiger partial charge in [0.15, 0.2) is 11.6 Å². The lowest BCUT2D eigenvalue weighted by Crippen LogP contribution is -2.24. The van der Waals surface area contributed by atoms with Crippen LogP contribution >= 0.6 is 38.5 Å². The van der Waals surface area contributed by atoms with Crippen LogP contribution in [0.3, 0.4) is 0 Å². The van der Waals surface area contributed by atoms with E-state index in [2.05, 4.69) is 25.9 Å². The van der Waals surface area contributed by atoms with E-state index < -0.39 is 11.6 Å². The van der Waals surface area contributed by atoms with Gasteiger partial charge in [-0.2, -0.15) is 0 Å². The van der Waals surface area contributed by atoms with Crippen LogP contribution in [0.4, 0.5) is 8.78 Å². The minimum absolute atomic E-state index is 0.0632. The number of aromatic amines is 1. The van der Waals surface area contributed by atoms with Gasteiger partial charge in [-0.25, -0.2) is 13.8 Å². The van der Waals surface area contributed by atoms with Gasteiger partial charge in [0.2, 0.25) is 0 Å². The molecule has 0 saturated heterocycles. The van der Waals surface area contributed by atoms with Crippen molar-refractivity contribution >= 4 is 38.5 Å². The molecule has 0 atom stereocenters. The monoisotopic (exact) mass is 468 g/mol. The van der Waals surface area contributed by atoms with Crippen molar-refractivity contribution in [3.63, 3.8) is 0 Å². The van der Waals surface area contributed by atoms with Crippen LogP contribution in [0.25, 0.3) is 11.4 Å². The summed E-state index contributed by atoms with van der Waals surface area (Å²) < 4.78 is 27.3. The number of hydrogen-bond acceptors (Lipinski definition) is 2. The highest BCUT2D eigenvalue weighted by Crippen LogP contribution is 2.31. The molecule has 1 aromatic carbocycles. The third kappa shape index (κ3) is 3.18. The Morgan fingerprint density at radius 1 is 1.29 bits per heavy atom. The zero-order valence-corrected chi connectivity index (χ0v) is 15.3. The van der Waals surface area contributed by atoms with Gasteiger partial charge in [0.25, 0.3) is 5.56 Å². The lowest BCUT2D eigenvalue weighted by molar-refractivity contribution is 0.504. The van der Waals surface area contributed by atoms with E-state index in [4.69, 9.17) is 0 Å². The number of halogens is 4. The summed E-state index contributed by atoms with van der Waals surface area (Å²) in [5, 5.41) is 0. The van der Waals surface area contributed by atoms with E-state index in [0.29, 0.717) is 14.8 Å². The SMILES string of the molecule is CC(C)(C)c1nc(-c2ccc(F)c(F)c2Br)[nH]c(=O)c1I. The van der Waals surface area contributed by atoms with Gasteiger partial charge in [0, 0.05) is 11.0 Å². The summed E-state index contributed by atoms with van der Waals surface area (Å²) in [5.41, 5.74) is 0.262. The Balaban J connectivity index is 2.75. The van der Waals surface area contributed by atoms with Gasteiger partial charge in [-0.05, 0) is 50.7 Å². The largest absolute Gasteiger partial charge is 0.306 e. The maximum atomic E-state index is 13.6. The van der Waals surface area contributed by atoms with Crippen molar-refractivity contribution in [3.8, 4) is 11.4 Å². The summed E-state index contributed by atoms with van der Waals surface area (Å²) in [6.45, 7) is 5.79. The fourth-order valence-electron chi connectivity index (χ4n) is 1.79. The Morgan fingerprint density at radius 2 is 1.90 bits per heavy atom. The predicted octanol–water partition coefficient (Wildman–Crippen LogP) is 4.38. The van der Waals surface area contributed by atoms with Crippen molar-refractivity contribution in [2.75, 3.05) is 0 Å². The van der Waals surface area contributed by atoms with Crippen LogP contribution < -0.4 is 5.56 Å². The summed E-state index contributed by atoms with van der Waals surface area (Å²) >= 11 is 4.94. The smallest absolute Gasteiger partial charge is 0.264 e. The van der Waals surface area contributed by atoms with E-state index in [9.17, 15) is 13.6 Å². The van der Waals surface area contributed by atoms with Crippen LogP contribution in [0.1, 0.15) is 26.5 Å². The quantitative estimate of drug-likeness (QED) is 0.498. The Morgan fingerprint density at radius 3 is 2.48 bits per heavy atom. The van der Waals surface area contributed by atoms with Crippen LogP contribution in [0.2, 0.25) is 0 Å². The first-order valence-corrected chi connectivity index (χ1v) is 7.94. The molecule has 21 heavy (non-hydrogen) atoms. The predicted molar refractivity (Wildman–Crippen MR) is 89.3 cm³/mol. The molecule has 0 unspecified atom stereocenters. The summed E-state index contributed by atoms with van der Waals surface area (Å²) in [4.78, 5) is 19.1.